The molecule has 6 heteroatoms. The number of rotatable bonds is 46. The first-order chi connectivity index (χ1) is 34.0. The van der Waals surface area contributed by atoms with E-state index in [9.17, 15) is 14.4 Å². The standard InChI is InChI=1S/C63H96O6/c1-4-7-10-13-15-17-19-21-22-23-24-25-26-27-28-29-30-31-32-33-34-35-36-37-38-39-40-42-43-45-47-50-53-56-62(65)68-59-60(58-67-61(64)55-52-49-12-9-6-3)69-63(66)57-54-51-48-46-44-41-20-18-16-14-11-8-5-2/h7-8,10-11,15-18,21-22,24-25,27-28,30-31,33-34,36-37,39-41,44,48,51,60H,4-6,9,12-14,19-20,23,26,29,32,35,38,42-43,45-47,49-50,52-59H2,1-3H3/b10-7-,11-8-,17-15-,18-16-,22-21-,25-24-,28-27-,31-30-,34-33-,37-36-,40-39-,44-41-,51-48-. The summed E-state index contributed by atoms with van der Waals surface area (Å²) in [5.74, 6) is -1.05. The number of esters is 3. The molecule has 6 nitrogen and oxygen atoms in total. The number of hydrogen-bond donors (Lipinski definition) is 0. The van der Waals surface area contributed by atoms with Crippen LogP contribution in [0.15, 0.2) is 158 Å². The predicted octanol–water partition coefficient (Wildman–Crippen LogP) is 18.2. The number of allylic oxidation sites excluding steroid dienone is 26. The maximum Gasteiger partial charge on any atom is 0.306 e. The van der Waals surface area contributed by atoms with Crippen molar-refractivity contribution >= 4 is 17.9 Å². The Morgan fingerprint density at radius 3 is 0.942 bits per heavy atom. The van der Waals surface area contributed by atoms with E-state index in [1.165, 1.54) is 0 Å². The Kier molecular flexibility index (Phi) is 51.6. The SMILES string of the molecule is CC/C=C\C/C=C\C/C=C\C/C=C\C/C=C\C/C=C\C/C=C\C/C=C\C/C=C\CCCCCCCC(=O)OCC(COC(=O)CCCCCCC)OC(=O)CC/C=C\C/C=C\C/C=C\C/C=C\CC. The summed E-state index contributed by atoms with van der Waals surface area (Å²) in [6.07, 6.45) is 81.5. The molecule has 0 aromatic heterocycles. The number of ether oxygens (including phenoxy) is 3. The Bertz CT molecular complexity index is 1610. The Morgan fingerprint density at radius 2 is 0.594 bits per heavy atom. The maximum absolute atomic E-state index is 12.7. The quantitative estimate of drug-likeness (QED) is 0.0262. The lowest BCUT2D eigenvalue weighted by Gasteiger charge is -2.18. The van der Waals surface area contributed by atoms with Crippen molar-refractivity contribution in [3.63, 3.8) is 0 Å². The van der Waals surface area contributed by atoms with Gasteiger partial charge in [-0.2, -0.15) is 0 Å². The van der Waals surface area contributed by atoms with Crippen LogP contribution in [0.4, 0.5) is 0 Å². The molecule has 0 aliphatic rings. The summed E-state index contributed by atoms with van der Waals surface area (Å²) in [6, 6.07) is 0. The second kappa shape index (κ2) is 55.6. The van der Waals surface area contributed by atoms with Crippen molar-refractivity contribution in [1.29, 1.82) is 0 Å². The number of unbranched alkanes of at least 4 members (excludes halogenated alkanes) is 9. The van der Waals surface area contributed by atoms with E-state index < -0.39 is 12.1 Å². The van der Waals surface area contributed by atoms with Crippen molar-refractivity contribution in [3.05, 3.63) is 158 Å². The van der Waals surface area contributed by atoms with Crippen LogP contribution in [0.5, 0.6) is 0 Å². The molecule has 69 heavy (non-hydrogen) atoms. The van der Waals surface area contributed by atoms with E-state index in [0.29, 0.717) is 19.3 Å². The Hall–Kier alpha value is -4.97. The van der Waals surface area contributed by atoms with Crippen molar-refractivity contribution in [2.24, 2.45) is 0 Å². The molecule has 0 heterocycles. The van der Waals surface area contributed by atoms with Gasteiger partial charge in [0, 0.05) is 19.3 Å². The van der Waals surface area contributed by atoms with E-state index in [2.05, 4.69) is 167 Å². The van der Waals surface area contributed by atoms with Crippen LogP contribution in [0.3, 0.4) is 0 Å². The van der Waals surface area contributed by atoms with E-state index in [4.69, 9.17) is 14.2 Å². The molecular formula is C63H96O6. The molecular weight excluding hydrogens is 853 g/mol. The van der Waals surface area contributed by atoms with Gasteiger partial charge in [-0.1, -0.05) is 224 Å². The molecule has 384 valence electrons. The van der Waals surface area contributed by atoms with Crippen LogP contribution in [-0.2, 0) is 28.6 Å². The monoisotopic (exact) mass is 949 g/mol. The van der Waals surface area contributed by atoms with Gasteiger partial charge >= 0.3 is 17.9 Å². The molecule has 0 bridgehead atoms. The molecule has 0 saturated heterocycles. The van der Waals surface area contributed by atoms with E-state index in [0.717, 1.165) is 154 Å². The molecule has 0 fully saturated rings. The van der Waals surface area contributed by atoms with Crippen LogP contribution in [0, 0.1) is 0 Å². The Balaban J connectivity index is 4.19. The van der Waals surface area contributed by atoms with Crippen molar-refractivity contribution < 1.29 is 28.6 Å². The van der Waals surface area contributed by atoms with Gasteiger partial charge < -0.3 is 14.2 Å². The van der Waals surface area contributed by atoms with Gasteiger partial charge in [-0.25, -0.2) is 0 Å². The van der Waals surface area contributed by atoms with Gasteiger partial charge in [-0.05, 0) is 116 Å². The lowest BCUT2D eigenvalue weighted by molar-refractivity contribution is -0.166. The van der Waals surface area contributed by atoms with E-state index in [1.807, 2.05) is 12.2 Å². The van der Waals surface area contributed by atoms with Gasteiger partial charge in [0.2, 0.25) is 0 Å². The fraction of sp³-hybridized carbons (Fsp3) is 0.540. The second-order valence-corrected chi connectivity index (χ2v) is 17.0. The molecule has 1 atom stereocenters. The van der Waals surface area contributed by atoms with Crippen LogP contribution in [0.1, 0.15) is 201 Å². The van der Waals surface area contributed by atoms with Gasteiger partial charge in [0.15, 0.2) is 6.10 Å². The van der Waals surface area contributed by atoms with Crippen LogP contribution in [-0.4, -0.2) is 37.2 Å². The lowest BCUT2D eigenvalue weighted by Crippen LogP contribution is -2.30. The number of hydrogen-bond acceptors (Lipinski definition) is 6. The zero-order valence-corrected chi connectivity index (χ0v) is 43.8. The third-order valence-electron chi connectivity index (χ3n) is 10.5. The van der Waals surface area contributed by atoms with Crippen LogP contribution in [0.2, 0.25) is 0 Å². The Morgan fingerprint density at radius 1 is 0.304 bits per heavy atom. The smallest absolute Gasteiger partial charge is 0.306 e. The summed E-state index contributed by atoms with van der Waals surface area (Å²) in [6.45, 7) is 6.20. The van der Waals surface area contributed by atoms with Crippen molar-refractivity contribution in [1.82, 2.24) is 0 Å². The lowest BCUT2D eigenvalue weighted by atomic mass is 10.1. The summed E-state index contributed by atoms with van der Waals surface area (Å²) in [5.41, 5.74) is 0. The predicted molar refractivity (Wildman–Crippen MR) is 297 cm³/mol. The molecule has 0 N–H and O–H groups in total. The molecule has 0 saturated carbocycles. The molecule has 0 aromatic carbocycles. The minimum atomic E-state index is -0.826. The first-order valence-corrected chi connectivity index (χ1v) is 27.0. The third-order valence-corrected chi connectivity index (χ3v) is 10.5. The summed E-state index contributed by atoms with van der Waals surface area (Å²) in [5, 5.41) is 0. The van der Waals surface area contributed by atoms with Crippen molar-refractivity contribution in [2.45, 2.75) is 207 Å². The molecule has 0 amide bonds. The maximum atomic E-state index is 12.7. The normalized spacial score (nSPS) is 13.4. The first kappa shape index (κ1) is 64.0. The molecule has 0 aromatic rings. The molecule has 0 spiro atoms. The average Bonchev–Trinajstić information content (AvgIpc) is 3.35. The van der Waals surface area contributed by atoms with Crippen molar-refractivity contribution in [2.75, 3.05) is 13.2 Å². The van der Waals surface area contributed by atoms with Crippen LogP contribution in [0.25, 0.3) is 0 Å². The highest BCUT2D eigenvalue weighted by Crippen LogP contribution is 2.11. The van der Waals surface area contributed by atoms with Crippen molar-refractivity contribution in [3.8, 4) is 0 Å². The minimum absolute atomic E-state index is 0.120. The van der Waals surface area contributed by atoms with Crippen LogP contribution >= 0.6 is 0 Å². The highest BCUT2D eigenvalue weighted by molar-refractivity contribution is 5.71. The van der Waals surface area contributed by atoms with Gasteiger partial charge in [0.25, 0.3) is 0 Å². The molecule has 0 aliphatic heterocycles. The molecule has 1 unspecified atom stereocenters. The number of carbonyl (C=O) groups is 3. The first-order valence-electron chi connectivity index (χ1n) is 27.0. The van der Waals surface area contributed by atoms with E-state index in [1.54, 1.807) is 0 Å². The highest BCUT2D eigenvalue weighted by atomic mass is 16.6. The molecule has 0 aliphatic carbocycles. The van der Waals surface area contributed by atoms with E-state index in [-0.39, 0.29) is 31.6 Å². The number of carbonyl (C=O) groups excluding carboxylic acids is 3. The largest absolute Gasteiger partial charge is 0.462 e. The van der Waals surface area contributed by atoms with Gasteiger partial charge in [-0.3, -0.25) is 14.4 Å². The van der Waals surface area contributed by atoms with Gasteiger partial charge in [0.05, 0.1) is 0 Å². The fourth-order valence-electron chi connectivity index (χ4n) is 6.56. The zero-order valence-electron chi connectivity index (χ0n) is 43.8. The summed E-state index contributed by atoms with van der Waals surface area (Å²) < 4.78 is 16.5. The molecule has 0 radical (unpaired) electrons. The van der Waals surface area contributed by atoms with Crippen LogP contribution < -0.4 is 0 Å². The van der Waals surface area contributed by atoms with E-state index >= 15 is 0 Å². The fourth-order valence-corrected chi connectivity index (χ4v) is 6.56. The van der Waals surface area contributed by atoms with Gasteiger partial charge in [-0.15, -0.1) is 0 Å². The highest BCUT2D eigenvalue weighted by Gasteiger charge is 2.19. The average molecular weight is 949 g/mol. The second-order valence-electron chi connectivity index (χ2n) is 17.0. The zero-order chi connectivity index (χ0) is 50.0. The van der Waals surface area contributed by atoms with Gasteiger partial charge in [0.1, 0.15) is 13.2 Å². The molecule has 0 rings (SSSR count). The summed E-state index contributed by atoms with van der Waals surface area (Å²) in [4.78, 5) is 37.6. The topological polar surface area (TPSA) is 78.9 Å². The summed E-state index contributed by atoms with van der Waals surface area (Å²) in [7, 11) is 0. The summed E-state index contributed by atoms with van der Waals surface area (Å²) >= 11 is 0. The third kappa shape index (κ3) is 53.8. The Labute approximate surface area is 422 Å². The minimum Gasteiger partial charge on any atom is -0.462 e.